The summed E-state index contributed by atoms with van der Waals surface area (Å²) in [6.45, 7) is 4.39. The first-order valence-corrected chi connectivity index (χ1v) is 9.12. The molecule has 3 amide bonds. The van der Waals surface area contributed by atoms with Crippen LogP contribution in [0.2, 0.25) is 0 Å². The molecule has 2 aromatic carbocycles. The van der Waals surface area contributed by atoms with Gasteiger partial charge in [0.05, 0.1) is 0 Å². The molecule has 2 rings (SSSR count). The SMILES string of the molecule is CCNC(=O)c1ccc(NC(=O)N(CCN(C)C)Cc2ccccc2)cc1. The van der Waals surface area contributed by atoms with Crippen LogP contribution in [0.25, 0.3) is 0 Å². The van der Waals surface area contributed by atoms with Crippen molar-refractivity contribution in [3.63, 3.8) is 0 Å². The van der Waals surface area contributed by atoms with Gasteiger partial charge in [-0.25, -0.2) is 4.79 Å². The molecule has 0 unspecified atom stereocenters. The van der Waals surface area contributed by atoms with Crippen LogP contribution in [0.15, 0.2) is 54.6 Å². The Morgan fingerprint density at radius 3 is 2.19 bits per heavy atom. The van der Waals surface area contributed by atoms with Gasteiger partial charge in [-0.15, -0.1) is 0 Å². The van der Waals surface area contributed by atoms with Gasteiger partial charge in [-0.1, -0.05) is 30.3 Å². The lowest BCUT2D eigenvalue weighted by Gasteiger charge is -2.25. The molecule has 0 spiro atoms. The summed E-state index contributed by atoms with van der Waals surface area (Å²) in [6.07, 6.45) is 0. The third kappa shape index (κ3) is 6.75. The van der Waals surface area contributed by atoms with E-state index in [1.807, 2.05) is 56.3 Å². The molecule has 0 saturated carbocycles. The predicted molar refractivity (Wildman–Crippen MR) is 109 cm³/mol. The summed E-state index contributed by atoms with van der Waals surface area (Å²) in [5, 5.41) is 5.68. The Bertz CT molecular complexity index is 730. The van der Waals surface area contributed by atoms with Crippen molar-refractivity contribution in [3.8, 4) is 0 Å². The molecular formula is C21H28N4O2. The van der Waals surface area contributed by atoms with E-state index >= 15 is 0 Å². The summed E-state index contributed by atoms with van der Waals surface area (Å²) in [5.41, 5.74) is 2.32. The lowest BCUT2D eigenvalue weighted by molar-refractivity contribution is 0.0956. The zero-order valence-electron chi connectivity index (χ0n) is 16.2. The van der Waals surface area contributed by atoms with E-state index in [9.17, 15) is 9.59 Å². The van der Waals surface area contributed by atoms with Gasteiger partial charge in [0, 0.05) is 37.4 Å². The van der Waals surface area contributed by atoms with E-state index in [-0.39, 0.29) is 11.9 Å². The summed E-state index contributed by atoms with van der Waals surface area (Å²) in [5.74, 6) is -0.118. The van der Waals surface area contributed by atoms with Crippen LogP contribution in [0, 0.1) is 0 Å². The highest BCUT2D eigenvalue weighted by molar-refractivity contribution is 5.95. The second kappa shape index (κ2) is 10.3. The third-order valence-electron chi connectivity index (χ3n) is 4.06. The lowest BCUT2D eigenvalue weighted by Crippen LogP contribution is -2.39. The van der Waals surface area contributed by atoms with Gasteiger partial charge in [0.1, 0.15) is 0 Å². The van der Waals surface area contributed by atoms with Crippen molar-refractivity contribution in [3.05, 3.63) is 65.7 Å². The van der Waals surface area contributed by atoms with E-state index in [1.165, 1.54) is 0 Å². The van der Waals surface area contributed by atoms with Crippen LogP contribution in [0.1, 0.15) is 22.8 Å². The first-order valence-electron chi connectivity index (χ1n) is 9.12. The second-order valence-corrected chi connectivity index (χ2v) is 6.58. The zero-order valence-corrected chi connectivity index (χ0v) is 16.2. The van der Waals surface area contributed by atoms with Crippen molar-refractivity contribution in [2.45, 2.75) is 13.5 Å². The average Bonchev–Trinajstić information content (AvgIpc) is 2.66. The van der Waals surface area contributed by atoms with Gasteiger partial charge in [-0.05, 0) is 50.8 Å². The number of carbonyl (C=O) groups is 2. The van der Waals surface area contributed by atoms with E-state index in [0.29, 0.717) is 30.9 Å². The molecule has 0 aliphatic carbocycles. The maximum absolute atomic E-state index is 12.8. The molecule has 6 nitrogen and oxygen atoms in total. The lowest BCUT2D eigenvalue weighted by atomic mass is 10.2. The number of nitrogens with one attached hydrogen (secondary N) is 2. The quantitative estimate of drug-likeness (QED) is 0.753. The molecule has 0 aliphatic rings. The smallest absolute Gasteiger partial charge is 0.322 e. The van der Waals surface area contributed by atoms with E-state index in [0.717, 1.165) is 12.1 Å². The number of carbonyl (C=O) groups excluding carboxylic acids is 2. The van der Waals surface area contributed by atoms with Crippen LogP contribution in [0.3, 0.4) is 0 Å². The van der Waals surface area contributed by atoms with Crippen molar-refractivity contribution >= 4 is 17.6 Å². The second-order valence-electron chi connectivity index (χ2n) is 6.58. The minimum atomic E-state index is -0.161. The number of hydrogen-bond donors (Lipinski definition) is 2. The summed E-state index contributed by atoms with van der Waals surface area (Å²) in [7, 11) is 3.97. The molecule has 2 N–H and O–H groups in total. The molecule has 0 bridgehead atoms. The van der Waals surface area contributed by atoms with E-state index in [1.54, 1.807) is 29.2 Å². The zero-order chi connectivity index (χ0) is 19.6. The largest absolute Gasteiger partial charge is 0.352 e. The highest BCUT2D eigenvalue weighted by atomic mass is 16.2. The molecule has 0 aromatic heterocycles. The molecule has 27 heavy (non-hydrogen) atoms. The number of hydrogen-bond acceptors (Lipinski definition) is 3. The van der Waals surface area contributed by atoms with Crippen LogP contribution in [0.4, 0.5) is 10.5 Å². The minimum absolute atomic E-state index is 0.118. The Kier molecular flexibility index (Phi) is 7.82. The first-order chi connectivity index (χ1) is 13.0. The molecule has 0 saturated heterocycles. The fourth-order valence-electron chi connectivity index (χ4n) is 2.55. The normalized spacial score (nSPS) is 10.5. The van der Waals surface area contributed by atoms with Gasteiger partial charge in [-0.2, -0.15) is 0 Å². The predicted octanol–water partition coefficient (Wildman–Crippen LogP) is 3.03. The highest BCUT2D eigenvalue weighted by Gasteiger charge is 2.15. The van der Waals surface area contributed by atoms with Crippen molar-refractivity contribution < 1.29 is 9.59 Å². The van der Waals surface area contributed by atoms with Gasteiger partial charge < -0.3 is 20.4 Å². The monoisotopic (exact) mass is 368 g/mol. The molecule has 0 radical (unpaired) electrons. The summed E-state index contributed by atoms with van der Waals surface area (Å²) in [6, 6.07) is 16.7. The van der Waals surface area contributed by atoms with E-state index < -0.39 is 0 Å². The molecule has 0 fully saturated rings. The van der Waals surface area contributed by atoms with Gasteiger partial charge in [0.15, 0.2) is 0 Å². The van der Waals surface area contributed by atoms with E-state index in [2.05, 4.69) is 10.6 Å². The standard InChI is InChI=1S/C21H28N4O2/c1-4-22-20(26)18-10-12-19(13-11-18)23-21(27)25(15-14-24(2)3)16-17-8-6-5-7-9-17/h5-13H,4,14-16H2,1-3H3,(H,22,26)(H,23,27). The Balaban J connectivity index is 2.04. The Morgan fingerprint density at radius 1 is 0.926 bits per heavy atom. The molecule has 2 aromatic rings. The van der Waals surface area contributed by atoms with Crippen molar-refractivity contribution in [1.29, 1.82) is 0 Å². The summed E-state index contributed by atoms with van der Waals surface area (Å²) >= 11 is 0. The van der Waals surface area contributed by atoms with Crippen molar-refractivity contribution in [1.82, 2.24) is 15.1 Å². The van der Waals surface area contributed by atoms with Gasteiger partial charge in [0.2, 0.25) is 0 Å². The number of urea groups is 1. The van der Waals surface area contributed by atoms with Gasteiger partial charge in [0.25, 0.3) is 5.91 Å². The first kappa shape index (κ1) is 20.5. The van der Waals surface area contributed by atoms with Crippen LogP contribution in [-0.4, -0.2) is 55.5 Å². The van der Waals surface area contributed by atoms with Crippen molar-refractivity contribution in [2.24, 2.45) is 0 Å². The number of benzene rings is 2. The molecular weight excluding hydrogens is 340 g/mol. The molecule has 6 heteroatoms. The molecule has 144 valence electrons. The summed E-state index contributed by atoms with van der Waals surface area (Å²) in [4.78, 5) is 28.4. The molecule has 0 aliphatic heterocycles. The van der Waals surface area contributed by atoms with Crippen LogP contribution in [0.5, 0.6) is 0 Å². The highest BCUT2D eigenvalue weighted by Crippen LogP contribution is 2.12. The average molecular weight is 368 g/mol. The minimum Gasteiger partial charge on any atom is -0.352 e. The maximum Gasteiger partial charge on any atom is 0.322 e. The van der Waals surface area contributed by atoms with Crippen LogP contribution in [-0.2, 0) is 6.54 Å². The van der Waals surface area contributed by atoms with Crippen molar-refractivity contribution in [2.75, 3.05) is 39.0 Å². The number of rotatable bonds is 8. The van der Waals surface area contributed by atoms with Gasteiger partial charge in [-0.3, -0.25) is 4.79 Å². The topological polar surface area (TPSA) is 64.7 Å². The number of nitrogens with zero attached hydrogens (tertiary/aromatic N) is 2. The van der Waals surface area contributed by atoms with E-state index in [4.69, 9.17) is 0 Å². The van der Waals surface area contributed by atoms with Crippen LogP contribution >= 0.6 is 0 Å². The molecule has 0 atom stereocenters. The number of amides is 3. The Hall–Kier alpha value is -2.86. The summed E-state index contributed by atoms with van der Waals surface area (Å²) < 4.78 is 0. The van der Waals surface area contributed by atoms with Gasteiger partial charge >= 0.3 is 6.03 Å². The van der Waals surface area contributed by atoms with Crippen LogP contribution < -0.4 is 10.6 Å². The number of likely N-dealkylation sites (N-methyl/N-ethyl adjacent to an activating group) is 1. The maximum atomic E-state index is 12.8. The Morgan fingerprint density at radius 2 is 1.59 bits per heavy atom. The number of anilines is 1. The fraction of sp³-hybridized carbons (Fsp3) is 0.333. The Labute approximate surface area is 161 Å². The molecule has 0 heterocycles. The third-order valence-corrected chi connectivity index (χ3v) is 4.06. The fourth-order valence-corrected chi connectivity index (χ4v) is 2.55.